The molecule has 0 bridgehead atoms. The van der Waals surface area contributed by atoms with Gasteiger partial charge in [0.1, 0.15) is 18.2 Å². The number of ketones is 2. The third-order valence-corrected chi connectivity index (χ3v) is 4.38. The van der Waals surface area contributed by atoms with E-state index in [1.807, 2.05) is 0 Å². The van der Waals surface area contributed by atoms with E-state index in [0.29, 0.717) is 17.5 Å². The van der Waals surface area contributed by atoms with Crippen LogP contribution in [0, 0.1) is 11.6 Å². The van der Waals surface area contributed by atoms with Crippen LogP contribution in [0.1, 0.15) is 29.5 Å². The Kier molecular flexibility index (Phi) is 5.94. The first kappa shape index (κ1) is 19.8. The average Bonchev–Trinajstić information content (AvgIpc) is 3.06. The van der Waals surface area contributed by atoms with Crippen LogP contribution in [0.4, 0.5) is 8.78 Å². The molecule has 28 heavy (non-hydrogen) atoms. The van der Waals surface area contributed by atoms with Crippen molar-refractivity contribution < 1.29 is 18.4 Å². The Bertz CT molecular complexity index is 1050. The highest BCUT2D eigenvalue weighted by Gasteiger charge is 2.18. The Morgan fingerprint density at radius 3 is 2.61 bits per heavy atom. The number of hydrogen-bond donors (Lipinski definition) is 0. The summed E-state index contributed by atoms with van der Waals surface area (Å²) in [4.78, 5) is 28.3. The highest BCUT2D eigenvalue weighted by molar-refractivity contribution is 6.30. The fourth-order valence-electron chi connectivity index (χ4n) is 2.69. The van der Waals surface area contributed by atoms with Gasteiger partial charge in [0.25, 0.3) is 0 Å². The maximum Gasteiger partial charge on any atom is 0.196 e. The number of aryl methyl sites for hydroxylation is 1. The van der Waals surface area contributed by atoms with Crippen LogP contribution in [0.2, 0.25) is 5.02 Å². The monoisotopic (exact) mass is 403 g/mol. The SMILES string of the molecule is CC(=O)c1nc(-c2ccc(Cl)c(F)c2)nn1CC(=O)CCc1cccc(F)c1. The summed E-state index contributed by atoms with van der Waals surface area (Å²) in [6.07, 6.45) is 0.529. The minimum Gasteiger partial charge on any atom is -0.298 e. The van der Waals surface area contributed by atoms with Crippen molar-refractivity contribution in [3.8, 4) is 11.4 Å². The molecule has 0 aliphatic heterocycles. The third kappa shape index (κ3) is 4.67. The summed E-state index contributed by atoms with van der Waals surface area (Å²) < 4.78 is 28.1. The molecule has 3 rings (SSSR count). The van der Waals surface area contributed by atoms with Gasteiger partial charge in [-0.15, -0.1) is 5.10 Å². The Morgan fingerprint density at radius 2 is 1.93 bits per heavy atom. The number of rotatable bonds is 7. The average molecular weight is 404 g/mol. The van der Waals surface area contributed by atoms with Gasteiger partial charge < -0.3 is 0 Å². The Hall–Kier alpha value is -2.93. The second-order valence-corrected chi connectivity index (χ2v) is 6.68. The second kappa shape index (κ2) is 8.39. The largest absolute Gasteiger partial charge is 0.298 e. The number of hydrogen-bond acceptors (Lipinski definition) is 4. The van der Waals surface area contributed by atoms with Crippen LogP contribution in [0.15, 0.2) is 42.5 Å². The standard InChI is InChI=1S/C20H16ClF2N3O2/c1-12(27)20-24-19(14-6-8-17(21)18(23)10-14)25-26(20)11-16(28)7-5-13-3-2-4-15(22)9-13/h2-4,6,8-10H,5,7,11H2,1H3. The van der Waals surface area contributed by atoms with Gasteiger partial charge in [0.05, 0.1) is 5.02 Å². The molecule has 0 aliphatic rings. The van der Waals surface area contributed by atoms with E-state index >= 15 is 0 Å². The van der Waals surface area contributed by atoms with Crippen LogP contribution >= 0.6 is 11.6 Å². The first-order chi connectivity index (χ1) is 13.3. The van der Waals surface area contributed by atoms with E-state index in [0.717, 1.165) is 6.07 Å². The molecular weight excluding hydrogens is 388 g/mol. The maximum atomic E-state index is 13.7. The lowest BCUT2D eigenvalue weighted by Gasteiger charge is -2.04. The third-order valence-electron chi connectivity index (χ3n) is 4.07. The van der Waals surface area contributed by atoms with E-state index < -0.39 is 5.82 Å². The summed E-state index contributed by atoms with van der Waals surface area (Å²) in [6, 6.07) is 10.1. The normalized spacial score (nSPS) is 10.9. The number of benzene rings is 2. The van der Waals surface area contributed by atoms with E-state index in [1.165, 1.54) is 35.9 Å². The van der Waals surface area contributed by atoms with Crippen LogP contribution in [-0.4, -0.2) is 26.3 Å². The number of nitrogens with zero attached hydrogens (tertiary/aromatic N) is 3. The summed E-state index contributed by atoms with van der Waals surface area (Å²) in [5, 5.41) is 4.14. The number of carbonyl (C=O) groups is 2. The summed E-state index contributed by atoms with van der Waals surface area (Å²) in [5.74, 6) is -1.43. The van der Waals surface area contributed by atoms with E-state index in [9.17, 15) is 18.4 Å². The van der Waals surface area contributed by atoms with Crippen LogP contribution in [-0.2, 0) is 17.8 Å². The molecule has 0 unspecified atom stereocenters. The van der Waals surface area contributed by atoms with Crippen molar-refractivity contribution in [2.75, 3.05) is 0 Å². The minimum atomic E-state index is -0.633. The lowest BCUT2D eigenvalue weighted by Crippen LogP contribution is -2.16. The zero-order valence-corrected chi connectivity index (χ0v) is 15.7. The van der Waals surface area contributed by atoms with Gasteiger partial charge in [-0.1, -0.05) is 23.7 Å². The lowest BCUT2D eigenvalue weighted by molar-refractivity contribution is -0.119. The Morgan fingerprint density at radius 1 is 1.14 bits per heavy atom. The first-order valence-corrected chi connectivity index (χ1v) is 8.88. The molecule has 0 amide bonds. The van der Waals surface area contributed by atoms with Gasteiger partial charge in [-0.3, -0.25) is 9.59 Å². The van der Waals surface area contributed by atoms with Gasteiger partial charge >= 0.3 is 0 Å². The van der Waals surface area contributed by atoms with Gasteiger partial charge in [0.15, 0.2) is 23.2 Å². The van der Waals surface area contributed by atoms with Crippen molar-refractivity contribution in [3.63, 3.8) is 0 Å². The highest BCUT2D eigenvalue weighted by atomic mass is 35.5. The van der Waals surface area contributed by atoms with Crippen molar-refractivity contribution in [2.45, 2.75) is 26.3 Å². The van der Waals surface area contributed by atoms with Gasteiger partial charge in [0.2, 0.25) is 0 Å². The number of aromatic nitrogens is 3. The molecule has 0 spiro atoms. The molecular formula is C20H16ClF2N3O2. The van der Waals surface area contributed by atoms with E-state index in [1.54, 1.807) is 12.1 Å². The predicted octanol–water partition coefficient (Wildman–Crippen LogP) is 4.28. The van der Waals surface area contributed by atoms with Gasteiger partial charge in [-0.25, -0.2) is 18.4 Å². The van der Waals surface area contributed by atoms with E-state index in [2.05, 4.69) is 10.1 Å². The maximum absolute atomic E-state index is 13.7. The summed E-state index contributed by atoms with van der Waals surface area (Å²) in [5.41, 5.74) is 1.05. The fraction of sp³-hybridized carbons (Fsp3) is 0.200. The number of carbonyl (C=O) groups excluding carboxylic acids is 2. The molecule has 0 fully saturated rings. The molecule has 0 saturated carbocycles. The molecule has 1 heterocycles. The van der Waals surface area contributed by atoms with E-state index in [-0.39, 0.29) is 47.0 Å². The first-order valence-electron chi connectivity index (χ1n) is 8.51. The Balaban J connectivity index is 1.77. The molecule has 0 aliphatic carbocycles. The smallest absolute Gasteiger partial charge is 0.196 e. The van der Waals surface area contributed by atoms with Crippen molar-refractivity contribution in [2.24, 2.45) is 0 Å². The molecule has 0 atom stereocenters. The van der Waals surface area contributed by atoms with Gasteiger partial charge in [0, 0.05) is 18.9 Å². The van der Waals surface area contributed by atoms with Crippen LogP contribution in [0.25, 0.3) is 11.4 Å². The predicted molar refractivity (Wildman–Crippen MR) is 100 cm³/mol. The van der Waals surface area contributed by atoms with E-state index in [4.69, 9.17) is 11.6 Å². The molecule has 0 N–H and O–H groups in total. The lowest BCUT2D eigenvalue weighted by atomic mass is 10.1. The van der Waals surface area contributed by atoms with Gasteiger partial charge in [-0.2, -0.15) is 0 Å². The van der Waals surface area contributed by atoms with Crippen LogP contribution in [0.5, 0.6) is 0 Å². The molecule has 0 radical (unpaired) electrons. The van der Waals surface area contributed by atoms with Crippen LogP contribution in [0.3, 0.4) is 0 Å². The highest BCUT2D eigenvalue weighted by Crippen LogP contribution is 2.22. The quantitative estimate of drug-likeness (QED) is 0.552. The van der Waals surface area contributed by atoms with Crippen molar-refractivity contribution in [3.05, 3.63) is 70.5 Å². The molecule has 0 saturated heterocycles. The second-order valence-electron chi connectivity index (χ2n) is 6.27. The summed E-state index contributed by atoms with van der Waals surface area (Å²) in [6.45, 7) is 1.15. The van der Waals surface area contributed by atoms with Crippen molar-refractivity contribution >= 4 is 23.2 Å². The molecule has 2 aromatic carbocycles. The minimum absolute atomic E-state index is 0.00413. The van der Waals surface area contributed by atoms with Crippen LogP contribution < -0.4 is 0 Å². The Labute approximate surface area is 165 Å². The molecule has 8 heteroatoms. The fourth-order valence-corrected chi connectivity index (χ4v) is 2.81. The molecule has 5 nitrogen and oxygen atoms in total. The van der Waals surface area contributed by atoms with Gasteiger partial charge in [-0.05, 0) is 42.3 Å². The summed E-state index contributed by atoms with van der Waals surface area (Å²) >= 11 is 5.68. The molecule has 3 aromatic rings. The zero-order chi connectivity index (χ0) is 20.3. The molecule has 1 aromatic heterocycles. The summed E-state index contributed by atoms with van der Waals surface area (Å²) in [7, 11) is 0. The molecule has 144 valence electrons. The number of Topliss-reactive ketones (excluding diaryl/α,β-unsaturated/α-hetero) is 2. The van der Waals surface area contributed by atoms with Crippen molar-refractivity contribution in [1.29, 1.82) is 0 Å². The topological polar surface area (TPSA) is 64.8 Å². The number of halogens is 3. The zero-order valence-electron chi connectivity index (χ0n) is 15.0. The van der Waals surface area contributed by atoms with Crippen molar-refractivity contribution in [1.82, 2.24) is 14.8 Å².